The van der Waals surface area contributed by atoms with Gasteiger partial charge >= 0.3 is 0 Å². The lowest BCUT2D eigenvalue weighted by atomic mass is 10.0. The minimum atomic E-state index is -2.89. The van der Waals surface area contributed by atoms with Crippen LogP contribution in [-0.2, 0) is 19.4 Å². The van der Waals surface area contributed by atoms with Crippen molar-refractivity contribution < 1.29 is 22.0 Å². The Hall–Kier alpha value is -2.00. The van der Waals surface area contributed by atoms with Crippen LogP contribution in [0, 0.1) is 5.82 Å². The molecule has 0 radical (unpaired) electrons. The average molecular weight is 521 g/mol. The van der Waals surface area contributed by atoms with Crippen molar-refractivity contribution in [1.82, 2.24) is 14.9 Å². The van der Waals surface area contributed by atoms with Crippen LogP contribution in [-0.4, -0.2) is 40.9 Å². The molecular formula is C25H34ClF5N4. The highest BCUT2D eigenvalue weighted by Crippen LogP contribution is 2.26. The smallest absolute Gasteiger partial charge is 0.266 e. The zero-order valence-electron chi connectivity index (χ0n) is 20.5. The van der Waals surface area contributed by atoms with Crippen molar-refractivity contribution in [3.8, 4) is 0 Å². The second kappa shape index (κ2) is 13.9. The van der Waals surface area contributed by atoms with Gasteiger partial charge in [-0.15, -0.1) is 0 Å². The third kappa shape index (κ3) is 9.18. The standard InChI is InChI=1S/C25H34ClF5N4/c1-4-18-20(13-8-6-7-9-14-35(3)16-25(30,31)5-2)33-24(26)34-23(18)32-15-17-11-10-12-19(21(17)27)22(28)29/h10-12,22H,4-9,13-16H2,1-3H3,(H,32,33,34). The Balaban J connectivity index is 1.92. The number of benzene rings is 1. The largest absolute Gasteiger partial charge is 0.366 e. The van der Waals surface area contributed by atoms with Crippen LogP contribution in [0.15, 0.2) is 18.2 Å². The Labute approximate surface area is 209 Å². The summed E-state index contributed by atoms with van der Waals surface area (Å²) in [7, 11) is 1.71. The number of hydrogen-bond donors (Lipinski definition) is 1. The molecule has 0 saturated carbocycles. The summed E-state index contributed by atoms with van der Waals surface area (Å²) in [6.45, 7) is 3.81. The number of unbranched alkanes of at least 4 members (excludes halogenated alkanes) is 3. The van der Waals surface area contributed by atoms with Gasteiger partial charge in [-0.05, 0) is 50.9 Å². The van der Waals surface area contributed by atoms with Gasteiger partial charge in [0, 0.05) is 24.1 Å². The van der Waals surface area contributed by atoms with Crippen molar-refractivity contribution >= 4 is 17.4 Å². The van der Waals surface area contributed by atoms with E-state index in [1.54, 1.807) is 11.9 Å². The molecule has 0 fully saturated rings. The second-order valence-corrected chi connectivity index (χ2v) is 9.04. The number of hydrogen-bond acceptors (Lipinski definition) is 4. The first kappa shape index (κ1) is 29.2. The second-order valence-electron chi connectivity index (χ2n) is 8.71. The lowest BCUT2D eigenvalue weighted by Gasteiger charge is -2.22. The van der Waals surface area contributed by atoms with Gasteiger partial charge in [-0.3, -0.25) is 0 Å². The molecule has 4 nitrogen and oxygen atoms in total. The summed E-state index contributed by atoms with van der Waals surface area (Å²) >= 11 is 6.12. The van der Waals surface area contributed by atoms with E-state index in [0.29, 0.717) is 25.2 Å². The maximum absolute atomic E-state index is 14.4. The fraction of sp³-hybridized carbons (Fsp3) is 0.600. The topological polar surface area (TPSA) is 41.1 Å². The highest BCUT2D eigenvalue weighted by molar-refractivity contribution is 6.28. The zero-order valence-corrected chi connectivity index (χ0v) is 21.2. The number of alkyl halides is 4. The van der Waals surface area contributed by atoms with E-state index >= 15 is 0 Å². The number of halogens is 6. The van der Waals surface area contributed by atoms with Gasteiger partial charge in [0.25, 0.3) is 12.3 Å². The minimum absolute atomic E-state index is 0.0171. The lowest BCUT2D eigenvalue weighted by Crippen LogP contribution is -2.34. The van der Waals surface area contributed by atoms with Crippen LogP contribution in [0.2, 0.25) is 5.28 Å². The average Bonchev–Trinajstić information content (AvgIpc) is 2.79. The molecule has 1 heterocycles. The van der Waals surface area contributed by atoms with Crippen molar-refractivity contribution in [3.05, 3.63) is 51.7 Å². The fourth-order valence-electron chi connectivity index (χ4n) is 3.92. The van der Waals surface area contributed by atoms with Crippen molar-refractivity contribution in [2.75, 3.05) is 25.5 Å². The lowest BCUT2D eigenvalue weighted by molar-refractivity contribution is -0.0297. The van der Waals surface area contributed by atoms with Crippen LogP contribution in [0.1, 0.15) is 74.8 Å². The number of anilines is 1. The Bertz CT molecular complexity index is 942. The predicted molar refractivity (Wildman–Crippen MR) is 130 cm³/mol. The summed E-state index contributed by atoms with van der Waals surface area (Å²) in [4.78, 5) is 10.3. The van der Waals surface area contributed by atoms with Crippen molar-refractivity contribution in [2.45, 2.75) is 77.7 Å². The van der Waals surface area contributed by atoms with E-state index in [4.69, 9.17) is 11.6 Å². The quantitative estimate of drug-likeness (QED) is 0.150. The van der Waals surface area contributed by atoms with Crippen LogP contribution in [0.25, 0.3) is 0 Å². The van der Waals surface area contributed by atoms with E-state index in [2.05, 4.69) is 15.3 Å². The fourth-order valence-corrected chi connectivity index (χ4v) is 4.11. The first-order valence-electron chi connectivity index (χ1n) is 12.0. The molecule has 10 heteroatoms. The Kier molecular flexibility index (Phi) is 11.6. The first-order chi connectivity index (χ1) is 16.6. The van der Waals surface area contributed by atoms with Gasteiger partial charge in [-0.25, -0.2) is 31.9 Å². The number of nitrogens with one attached hydrogen (secondary N) is 1. The van der Waals surface area contributed by atoms with E-state index < -0.39 is 23.7 Å². The van der Waals surface area contributed by atoms with E-state index in [1.807, 2.05) is 6.92 Å². The molecule has 0 atom stereocenters. The van der Waals surface area contributed by atoms with E-state index in [-0.39, 0.29) is 30.4 Å². The highest BCUT2D eigenvalue weighted by Gasteiger charge is 2.27. The number of rotatable bonds is 15. The van der Waals surface area contributed by atoms with Crippen molar-refractivity contribution in [2.24, 2.45) is 0 Å². The van der Waals surface area contributed by atoms with Gasteiger partial charge in [0.1, 0.15) is 11.6 Å². The third-order valence-electron chi connectivity index (χ3n) is 5.93. The molecule has 1 aromatic carbocycles. The molecule has 2 aromatic rings. The molecule has 1 N–H and O–H groups in total. The van der Waals surface area contributed by atoms with Gasteiger partial charge in [0.2, 0.25) is 5.28 Å². The molecule has 0 aliphatic rings. The Morgan fingerprint density at radius 2 is 1.80 bits per heavy atom. The summed E-state index contributed by atoms with van der Waals surface area (Å²) in [5.41, 5.74) is 1.12. The predicted octanol–water partition coefficient (Wildman–Crippen LogP) is 7.46. The minimum Gasteiger partial charge on any atom is -0.366 e. The van der Waals surface area contributed by atoms with E-state index in [9.17, 15) is 22.0 Å². The van der Waals surface area contributed by atoms with Crippen LogP contribution in [0.4, 0.5) is 27.8 Å². The van der Waals surface area contributed by atoms with Crippen molar-refractivity contribution in [3.63, 3.8) is 0 Å². The van der Waals surface area contributed by atoms with Gasteiger partial charge in [-0.1, -0.05) is 44.9 Å². The molecule has 0 aliphatic carbocycles. The van der Waals surface area contributed by atoms with Crippen molar-refractivity contribution in [1.29, 1.82) is 0 Å². The number of aromatic nitrogens is 2. The molecule has 0 amide bonds. The number of nitrogens with zero attached hydrogens (tertiary/aromatic N) is 3. The Morgan fingerprint density at radius 1 is 1.09 bits per heavy atom. The maximum Gasteiger partial charge on any atom is 0.266 e. The van der Waals surface area contributed by atoms with Gasteiger partial charge in [0.05, 0.1) is 17.8 Å². The molecule has 0 bridgehead atoms. The molecule has 35 heavy (non-hydrogen) atoms. The summed E-state index contributed by atoms with van der Waals surface area (Å²) in [5, 5.41) is 3.08. The molecule has 0 spiro atoms. The summed E-state index contributed by atoms with van der Waals surface area (Å²) < 4.78 is 67.2. The zero-order chi connectivity index (χ0) is 26.0. The molecule has 196 valence electrons. The van der Waals surface area contributed by atoms with E-state index in [1.165, 1.54) is 19.1 Å². The number of aryl methyl sites for hydroxylation is 1. The van der Waals surface area contributed by atoms with Crippen LogP contribution < -0.4 is 5.32 Å². The monoisotopic (exact) mass is 520 g/mol. The van der Waals surface area contributed by atoms with Gasteiger partial charge < -0.3 is 10.2 Å². The van der Waals surface area contributed by atoms with Gasteiger partial charge in [-0.2, -0.15) is 0 Å². The van der Waals surface area contributed by atoms with Crippen LogP contribution in [0.5, 0.6) is 0 Å². The maximum atomic E-state index is 14.4. The third-order valence-corrected chi connectivity index (χ3v) is 6.10. The van der Waals surface area contributed by atoms with E-state index in [0.717, 1.165) is 43.0 Å². The highest BCUT2D eigenvalue weighted by atomic mass is 35.5. The molecule has 1 aromatic heterocycles. The molecule has 0 unspecified atom stereocenters. The first-order valence-corrected chi connectivity index (χ1v) is 12.4. The SMILES string of the molecule is CCc1c(CCCCCCN(C)CC(F)(F)CC)nc(Cl)nc1NCc1cccc(C(F)F)c1F. The molecule has 0 saturated heterocycles. The Morgan fingerprint density at radius 3 is 2.46 bits per heavy atom. The summed E-state index contributed by atoms with van der Waals surface area (Å²) in [5.74, 6) is -3.12. The van der Waals surface area contributed by atoms with Crippen LogP contribution in [0.3, 0.4) is 0 Å². The molecular weight excluding hydrogens is 487 g/mol. The summed E-state index contributed by atoms with van der Waals surface area (Å²) in [6.07, 6.45) is 1.73. The molecule has 0 aliphatic heterocycles. The van der Waals surface area contributed by atoms with Gasteiger partial charge in [0.15, 0.2) is 0 Å². The normalized spacial score (nSPS) is 12.1. The summed E-state index contributed by atoms with van der Waals surface area (Å²) in [6, 6.07) is 3.91. The van der Waals surface area contributed by atoms with Crippen LogP contribution >= 0.6 is 11.6 Å². The molecule has 2 rings (SSSR count).